The Labute approximate surface area is 101 Å². The number of Topliss-reactive ketones (excluding diaryl/α,β-unsaturated/α-hetero) is 1. The maximum Gasteiger partial charge on any atom is 0.323 e. The number of ether oxygens (including phenoxy) is 1. The van der Waals surface area contributed by atoms with Crippen LogP contribution in [0.4, 0.5) is 0 Å². The summed E-state index contributed by atoms with van der Waals surface area (Å²) >= 11 is 0. The number of benzene rings is 1. The summed E-state index contributed by atoms with van der Waals surface area (Å²) < 4.78 is 4.75. The smallest absolute Gasteiger partial charge is 0.323 e. The molecule has 1 aromatic carbocycles. The number of carbonyl (C=O) groups is 2. The molecule has 0 saturated carbocycles. The number of esters is 1. The van der Waals surface area contributed by atoms with Gasteiger partial charge in [-0.3, -0.25) is 9.59 Å². The SMILES string of the molecule is CCOC(=O)C(N)CC(=O)c1ccccc1C. The molecule has 1 rings (SSSR count). The molecule has 4 nitrogen and oxygen atoms in total. The Bertz CT molecular complexity index is 415. The van der Waals surface area contributed by atoms with Gasteiger partial charge in [-0.2, -0.15) is 0 Å². The molecule has 0 aromatic heterocycles. The minimum Gasteiger partial charge on any atom is -0.465 e. The lowest BCUT2D eigenvalue weighted by Crippen LogP contribution is -2.34. The largest absolute Gasteiger partial charge is 0.465 e. The van der Waals surface area contributed by atoms with Crippen LogP contribution < -0.4 is 5.73 Å². The van der Waals surface area contributed by atoms with Crippen molar-refractivity contribution in [3.63, 3.8) is 0 Å². The summed E-state index contributed by atoms with van der Waals surface area (Å²) in [5.41, 5.74) is 7.08. The summed E-state index contributed by atoms with van der Waals surface area (Å²) in [7, 11) is 0. The molecule has 17 heavy (non-hydrogen) atoms. The first-order valence-corrected chi connectivity index (χ1v) is 5.57. The van der Waals surface area contributed by atoms with Crippen molar-refractivity contribution < 1.29 is 14.3 Å². The van der Waals surface area contributed by atoms with E-state index in [0.717, 1.165) is 5.56 Å². The lowest BCUT2D eigenvalue weighted by Gasteiger charge is -2.10. The molecule has 1 unspecified atom stereocenters. The maximum atomic E-state index is 11.9. The molecule has 0 saturated heterocycles. The molecule has 0 radical (unpaired) electrons. The van der Waals surface area contributed by atoms with Crippen LogP contribution in [0.15, 0.2) is 24.3 Å². The van der Waals surface area contributed by atoms with E-state index in [1.807, 2.05) is 19.1 Å². The van der Waals surface area contributed by atoms with E-state index < -0.39 is 12.0 Å². The van der Waals surface area contributed by atoms with Gasteiger partial charge in [0.15, 0.2) is 5.78 Å². The molecule has 0 spiro atoms. The van der Waals surface area contributed by atoms with Gasteiger partial charge in [0.25, 0.3) is 0 Å². The fraction of sp³-hybridized carbons (Fsp3) is 0.385. The third-order valence-corrected chi connectivity index (χ3v) is 2.44. The number of aryl methyl sites for hydroxylation is 1. The average molecular weight is 235 g/mol. The summed E-state index contributed by atoms with van der Waals surface area (Å²) in [6, 6.07) is 6.34. The van der Waals surface area contributed by atoms with E-state index in [1.54, 1.807) is 19.1 Å². The van der Waals surface area contributed by atoms with Crippen molar-refractivity contribution in [1.82, 2.24) is 0 Å². The molecule has 0 aliphatic heterocycles. The Morgan fingerprint density at radius 3 is 2.59 bits per heavy atom. The first-order valence-electron chi connectivity index (χ1n) is 5.57. The summed E-state index contributed by atoms with van der Waals surface area (Å²) in [6.07, 6.45) is -0.0241. The topological polar surface area (TPSA) is 69.4 Å². The molecular formula is C13H17NO3. The van der Waals surface area contributed by atoms with Gasteiger partial charge >= 0.3 is 5.97 Å². The van der Waals surface area contributed by atoms with Gasteiger partial charge in [-0.05, 0) is 19.4 Å². The highest BCUT2D eigenvalue weighted by atomic mass is 16.5. The van der Waals surface area contributed by atoms with Crippen LogP contribution in [0.1, 0.15) is 29.3 Å². The van der Waals surface area contributed by atoms with E-state index in [9.17, 15) is 9.59 Å². The quantitative estimate of drug-likeness (QED) is 0.619. The lowest BCUT2D eigenvalue weighted by molar-refractivity contribution is -0.144. The molecule has 1 aromatic rings. The molecule has 0 aliphatic rings. The second-order valence-corrected chi connectivity index (χ2v) is 3.80. The first kappa shape index (κ1) is 13.4. The number of nitrogens with two attached hydrogens (primary N) is 1. The van der Waals surface area contributed by atoms with Gasteiger partial charge in [-0.15, -0.1) is 0 Å². The molecule has 1 atom stereocenters. The van der Waals surface area contributed by atoms with Crippen molar-refractivity contribution in [2.24, 2.45) is 5.73 Å². The van der Waals surface area contributed by atoms with Crippen molar-refractivity contribution in [2.75, 3.05) is 6.61 Å². The highest BCUT2D eigenvalue weighted by Gasteiger charge is 2.20. The Morgan fingerprint density at radius 2 is 2.00 bits per heavy atom. The van der Waals surface area contributed by atoms with Crippen molar-refractivity contribution in [2.45, 2.75) is 26.3 Å². The summed E-state index contributed by atoms with van der Waals surface area (Å²) in [5.74, 6) is -0.668. The third-order valence-electron chi connectivity index (χ3n) is 2.44. The molecule has 92 valence electrons. The van der Waals surface area contributed by atoms with Crippen LogP contribution in [0.3, 0.4) is 0 Å². The molecule has 2 N–H and O–H groups in total. The number of ketones is 1. The highest BCUT2D eigenvalue weighted by Crippen LogP contribution is 2.11. The van der Waals surface area contributed by atoms with E-state index >= 15 is 0 Å². The minimum atomic E-state index is -0.887. The predicted molar refractivity (Wildman–Crippen MR) is 64.7 cm³/mol. The summed E-state index contributed by atoms with van der Waals surface area (Å²) in [5, 5.41) is 0. The zero-order valence-electron chi connectivity index (χ0n) is 10.1. The van der Waals surface area contributed by atoms with Crippen molar-refractivity contribution >= 4 is 11.8 Å². The molecular weight excluding hydrogens is 218 g/mol. The second-order valence-electron chi connectivity index (χ2n) is 3.80. The van der Waals surface area contributed by atoms with Gasteiger partial charge < -0.3 is 10.5 Å². The zero-order chi connectivity index (χ0) is 12.8. The number of carbonyl (C=O) groups excluding carboxylic acids is 2. The van der Waals surface area contributed by atoms with Crippen molar-refractivity contribution in [3.05, 3.63) is 35.4 Å². The molecule has 0 fully saturated rings. The van der Waals surface area contributed by atoms with E-state index in [1.165, 1.54) is 0 Å². The van der Waals surface area contributed by atoms with Crippen molar-refractivity contribution in [3.8, 4) is 0 Å². The van der Waals surface area contributed by atoms with Crippen molar-refractivity contribution in [1.29, 1.82) is 0 Å². The monoisotopic (exact) mass is 235 g/mol. The first-order chi connectivity index (χ1) is 8.06. The number of rotatable bonds is 5. The van der Waals surface area contributed by atoms with Gasteiger partial charge in [0.2, 0.25) is 0 Å². The van der Waals surface area contributed by atoms with Crippen LogP contribution in [-0.4, -0.2) is 24.4 Å². The number of hydrogen-bond acceptors (Lipinski definition) is 4. The van der Waals surface area contributed by atoms with Gasteiger partial charge in [0.05, 0.1) is 6.61 Å². The maximum absolute atomic E-state index is 11.9. The minimum absolute atomic E-state index is 0.0241. The highest BCUT2D eigenvalue weighted by molar-refractivity contribution is 5.99. The normalized spacial score (nSPS) is 11.9. The second kappa shape index (κ2) is 6.15. The van der Waals surface area contributed by atoms with Gasteiger partial charge in [0, 0.05) is 12.0 Å². The van der Waals surface area contributed by atoms with Crippen LogP contribution in [0, 0.1) is 6.92 Å². The Kier molecular flexibility index (Phi) is 4.84. The summed E-state index contributed by atoms with van der Waals surface area (Å²) in [4.78, 5) is 23.2. The van der Waals surface area contributed by atoms with E-state index in [-0.39, 0.29) is 18.8 Å². The predicted octanol–water partition coefficient (Wildman–Crippen LogP) is 1.46. The van der Waals surface area contributed by atoms with Crippen LogP contribution in [0.2, 0.25) is 0 Å². The Morgan fingerprint density at radius 1 is 1.35 bits per heavy atom. The van der Waals surface area contributed by atoms with Gasteiger partial charge in [-0.25, -0.2) is 0 Å². The molecule has 0 aliphatic carbocycles. The van der Waals surface area contributed by atoms with Crippen LogP contribution in [0.5, 0.6) is 0 Å². The number of hydrogen-bond donors (Lipinski definition) is 1. The van der Waals surface area contributed by atoms with E-state index in [2.05, 4.69) is 0 Å². The van der Waals surface area contributed by atoms with Gasteiger partial charge in [-0.1, -0.05) is 24.3 Å². The van der Waals surface area contributed by atoms with Crippen LogP contribution in [0.25, 0.3) is 0 Å². The lowest BCUT2D eigenvalue weighted by atomic mass is 10.00. The van der Waals surface area contributed by atoms with Crippen LogP contribution >= 0.6 is 0 Å². The van der Waals surface area contributed by atoms with E-state index in [4.69, 9.17) is 10.5 Å². The molecule has 4 heteroatoms. The molecule has 0 bridgehead atoms. The standard InChI is InChI=1S/C13H17NO3/c1-3-17-13(16)11(14)8-12(15)10-7-5-4-6-9(10)2/h4-7,11H,3,8,14H2,1-2H3. The third kappa shape index (κ3) is 3.67. The molecule has 0 amide bonds. The average Bonchev–Trinajstić information content (AvgIpc) is 2.29. The fourth-order valence-electron chi connectivity index (χ4n) is 1.53. The van der Waals surface area contributed by atoms with Crippen LogP contribution in [-0.2, 0) is 9.53 Å². The van der Waals surface area contributed by atoms with Gasteiger partial charge in [0.1, 0.15) is 6.04 Å². The molecule has 0 heterocycles. The van der Waals surface area contributed by atoms with E-state index in [0.29, 0.717) is 5.56 Å². The summed E-state index contributed by atoms with van der Waals surface area (Å²) in [6.45, 7) is 3.82. The Balaban J connectivity index is 2.67. The zero-order valence-corrected chi connectivity index (χ0v) is 10.1. The fourth-order valence-corrected chi connectivity index (χ4v) is 1.53. The Hall–Kier alpha value is -1.68.